The summed E-state index contributed by atoms with van der Waals surface area (Å²) in [4.78, 5) is 20.0. The van der Waals surface area contributed by atoms with Gasteiger partial charge < -0.3 is 20.3 Å². The number of hydroxylamine groups is 2. The van der Waals surface area contributed by atoms with Crippen molar-refractivity contribution in [2.24, 2.45) is 35.0 Å². The molecule has 2 bridgehead atoms. The molecule has 1 aliphatic heterocycles. The fourth-order valence-electron chi connectivity index (χ4n) is 6.98. The number of para-hydroxylation sites is 1. The van der Waals surface area contributed by atoms with Crippen molar-refractivity contribution in [3.63, 3.8) is 0 Å². The maximum absolute atomic E-state index is 13.8. The molecular weight excluding hydrogens is 524 g/mol. The normalized spacial score (nSPS) is 36.2. The summed E-state index contributed by atoms with van der Waals surface area (Å²) in [5.41, 5.74) is 1.24. The van der Waals surface area contributed by atoms with Crippen molar-refractivity contribution >= 4 is 21.8 Å². The SMILES string of the molecule is C[C@@H]1[C@@H](NC(=O)[C@@H]2[C@H]([C@H](C)O)[C@H](CO)ON2Cc2cccc(Br)c2OCC2CC2)C[C@@H]2C[C@H]1C2(C)C. The van der Waals surface area contributed by atoms with Crippen molar-refractivity contribution in [2.75, 3.05) is 13.2 Å². The first-order valence-electron chi connectivity index (χ1n) is 13.5. The van der Waals surface area contributed by atoms with Crippen LogP contribution < -0.4 is 10.1 Å². The highest BCUT2D eigenvalue weighted by Crippen LogP contribution is 2.61. The number of aliphatic hydroxyl groups excluding tert-OH is 2. The van der Waals surface area contributed by atoms with Crippen molar-refractivity contribution < 1.29 is 24.6 Å². The van der Waals surface area contributed by atoms with Gasteiger partial charge in [-0.25, -0.2) is 0 Å². The second-order valence-electron chi connectivity index (χ2n) is 12.2. The Labute approximate surface area is 223 Å². The second-order valence-corrected chi connectivity index (χ2v) is 13.1. The van der Waals surface area contributed by atoms with Crippen molar-refractivity contribution in [1.82, 2.24) is 10.4 Å². The summed E-state index contributed by atoms with van der Waals surface area (Å²) in [6, 6.07) is 5.28. The highest BCUT2D eigenvalue weighted by Gasteiger charge is 2.57. The van der Waals surface area contributed by atoms with Crippen molar-refractivity contribution in [2.45, 2.75) is 84.2 Å². The molecule has 3 N–H and O–H groups in total. The Kier molecular flexibility index (Phi) is 7.47. The van der Waals surface area contributed by atoms with Gasteiger partial charge in [0.2, 0.25) is 5.91 Å². The molecule has 1 aromatic rings. The summed E-state index contributed by atoms with van der Waals surface area (Å²) in [5, 5.41) is 25.7. The number of carbonyl (C=O) groups excluding carboxylic acids is 1. The first-order valence-corrected chi connectivity index (χ1v) is 14.3. The van der Waals surface area contributed by atoms with Gasteiger partial charge in [-0.1, -0.05) is 32.9 Å². The number of nitrogens with zero attached hydrogens (tertiary/aromatic N) is 1. The number of benzene rings is 1. The van der Waals surface area contributed by atoms with Crippen LogP contribution in [0.4, 0.5) is 0 Å². The van der Waals surface area contributed by atoms with Gasteiger partial charge in [-0.2, -0.15) is 5.06 Å². The number of rotatable bonds is 9. The Bertz CT molecular complexity index is 967. The number of carbonyl (C=O) groups is 1. The van der Waals surface area contributed by atoms with Crippen molar-refractivity contribution in [1.29, 1.82) is 0 Å². The van der Waals surface area contributed by atoms with E-state index in [1.54, 1.807) is 12.0 Å². The zero-order valence-electron chi connectivity index (χ0n) is 21.8. The number of halogens is 1. The zero-order valence-corrected chi connectivity index (χ0v) is 23.4. The fourth-order valence-corrected chi connectivity index (χ4v) is 7.50. The minimum absolute atomic E-state index is 0.113. The summed E-state index contributed by atoms with van der Waals surface area (Å²) in [5.74, 6) is 2.34. The Balaban J connectivity index is 1.36. The minimum atomic E-state index is -0.813. The van der Waals surface area contributed by atoms with Crippen LogP contribution in [0, 0.1) is 35.0 Å². The highest BCUT2D eigenvalue weighted by molar-refractivity contribution is 9.10. The molecule has 0 spiro atoms. The van der Waals surface area contributed by atoms with Gasteiger partial charge in [-0.15, -0.1) is 0 Å². The van der Waals surface area contributed by atoms with Gasteiger partial charge in [0, 0.05) is 17.5 Å². The van der Waals surface area contributed by atoms with E-state index in [0.29, 0.717) is 42.2 Å². The maximum Gasteiger partial charge on any atom is 0.240 e. The predicted octanol–water partition coefficient (Wildman–Crippen LogP) is 3.90. The molecule has 1 saturated heterocycles. The van der Waals surface area contributed by atoms with E-state index in [-0.39, 0.29) is 18.6 Å². The van der Waals surface area contributed by atoms with E-state index in [1.165, 1.54) is 19.3 Å². The molecule has 5 fully saturated rings. The molecule has 6 rings (SSSR count). The Morgan fingerprint density at radius 1 is 1.33 bits per heavy atom. The van der Waals surface area contributed by atoms with E-state index in [0.717, 1.165) is 22.2 Å². The minimum Gasteiger partial charge on any atom is -0.492 e. The van der Waals surface area contributed by atoms with Gasteiger partial charge in [0.05, 0.1) is 30.3 Å². The Hall–Kier alpha value is -1.19. The summed E-state index contributed by atoms with van der Waals surface area (Å²) in [6.45, 7) is 9.35. The maximum atomic E-state index is 13.8. The molecule has 0 radical (unpaired) electrons. The molecule has 36 heavy (non-hydrogen) atoms. The average molecular weight is 566 g/mol. The van der Waals surface area contributed by atoms with E-state index >= 15 is 0 Å². The summed E-state index contributed by atoms with van der Waals surface area (Å²) < 4.78 is 7.03. The van der Waals surface area contributed by atoms with Crippen LogP contribution in [-0.2, 0) is 16.2 Å². The lowest BCUT2D eigenvalue weighted by Crippen LogP contribution is -2.62. The van der Waals surface area contributed by atoms with Gasteiger partial charge in [0.15, 0.2) is 0 Å². The van der Waals surface area contributed by atoms with Crippen molar-refractivity contribution in [3.05, 3.63) is 28.2 Å². The molecule has 1 aromatic carbocycles. The number of hydrogen-bond donors (Lipinski definition) is 3. The molecule has 200 valence electrons. The molecule has 1 heterocycles. The lowest BCUT2D eigenvalue weighted by atomic mass is 9.45. The van der Waals surface area contributed by atoms with Crippen LogP contribution in [0.15, 0.2) is 22.7 Å². The lowest BCUT2D eigenvalue weighted by molar-refractivity contribution is -0.183. The molecule has 8 heteroatoms. The fraction of sp³-hybridized carbons (Fsp3) is 0.750. The van der Waals surface area contributed by atoms with Gasteiger partial charge in [-0.3, -0.25) is 9.63 Å². The molecule has 4 saturated carbocycles. The van der Waals surface area contributed by atoms with E-state index < -0.39 is 24.2 Å². The molecule has 1 amide bonds. The number of hydrogen-bond acceptors (Lipinski definition) is 6. The van der Waals surface area contributed by atoms with Crippen molar-refractivity contribution in [3.8, 4) is 5.75 Å². The standard InChI is InChI=1S/C28H41BrN2O5/c1-15-20-10-19(28(20,3)4)11-22(15)30-27(34)25-24(16(2)33)23(13-32)36-31(25)12-18-6-5-7-21(29)26(18)35-14-17-8-9-17/h5-7,15-17,19-20,22-25,32-33H,8-14H2,1-4H3,(H,30,34)/t15-,16-,19-,20+,22-,23-,24+,25-/m0/s1. The van der Waals surface area contributed by atoms with Crippen LogP contribution in [0.5, 0.6) is 5.75 Å². The summed E-state index contributed by atoms with van der Waals surface area (Å²) in [6.07, 6.45) is 3.16. The smallest absolute Gasteiger partial charge is 0.240 e. The topological polar surface area (TPSA) is 91.3 Å². The van der Waals surface area contributed by atoms with E-state index in [9.17, 15) is 15.0 Å². The number of fused-ring (bicyclic) bond motifs is 2. The van der Waals surface area contributed by atoms with Gasteiger partial charge in [0.1, 0.15) is 17.9 Å². The molecule has 4 aliphatic carbocycles. The first-order chi connectivity index (χ1) is 17.1. The van der Waals surface area contributed by atoms with E-state index in [1.807, 2.05) is 18.2 Å². The number of ether oxygens (including phenoxy) is 1. The third-order valence-electron chi connectivity index (χ3n) is 9.60. The molecule has 0 unspecified atom stereocenters. The quantitative estimate of drug-likeness (QED) is 0.421. The first kappa shape index (κ1) is 26.4. The van der Waals surface area contributed by atoms with Crippen LogP contribution >= 0.6 is 15.9 Å². The molecule has 0 aromatic heterocycles. The third kappa shape index (κ3) is 4.84. The van der Waals surface area contributed by atoms with Crippen LogP contribution in [0.1, 0.15) is 58.9 Å². The summed E-state index contributed by atoms with van der Waals surface area (Å²) >= 11 is 3.62. The highest BCUT2D eigenvalue weighted by atomic mass is 79.9. The Morgan fingerprint density at radius 3 is 2.69 bits per heavy atom. The molecule has 5 aliphatic rings. The van der Waals surface area contributed by atoms with Gasteiger partial charge in [0.25, 0.3) is 0 Å². The van der Waals surface area contributed by atoms with Crippen LogP contribution in [0.25, 0.3) is 0 Å². The lowest BCUT2D eigenvalue weighted by Gasteiger charge is -2.62. The second kappa shape index (κ2) is 10.2. The van der Waals surface area contributed by atoms with Crippen LogP contribution in [0.3, 0.4) is 0 Å². The largest absolute Gasteiger partial charge is 0.492 e. The molecular formula is C28H41BrN2O5. The van der Waals surface area contributed by atoms with E-state index in [4.69, 9.17) is 9.57 Å². The summed E-state index contributed by atoms with van der Waals surface area (Å²) in [7, 11) is 0. The van der Waals surface area contributed by atoms with Gasteiger partial charge >= 0.3 is 0 Å². The zero-order chi connectivity index (χ0) is 25.8. The van der Waals surface area contributed by atoms with Gasteiger partial charge in [-0.05, 0) is 83.7 Å². The molecule has 8 atom stereocenters. The number of nitrogens with one attached hydrogen (secondary N) is 1. The number of aliphatic hydroxyl groups is 2. The third-order valence-corrected chi connectivity index (χ3v) is 10.2. The average Bonchev–Trinajstić information content (AvgIpc) is 3.58. The molecule has 7 nitrogen and oxygen atoms in total. The predicted molar refractivity (Wildman–Crippen MR) is 140 cm³/mol. The monoisotopic (exact) mass is 564 g/mol. The van der Waals surface area contributed by atoms with Crippen LogP contribution in [0.2, 0.25) is 0 Å². The number of amides is 1. The Morgan fingerprint density at radius 2 is 2.08 bits per heavy atom. The van der Waals surface area contributed by atoms with E-state index in [2.05, 4.69) is 42.0 Å². The van der Waals surface area contributed by atoms with Crippen LogP contribution in [-0.4, -0.2) is 58.7 Å².